The second kappa shape index (κ2) is 5.11. The Labute approximate surface area is 82.4 Å². The first-order chi connectivity index (χ1) is 6.76. The minimum absolute atomic E-state index is 0.305. The van der Waals surface area contributed by atoms with E-state index in [9.17, 15) is 0 Å². The van der Waals surface area contributed by atoms with Crippen LogP contribution in [0.25, 0.3) is 0 Å². The average Bonchev–Trinajstić information content (AvgIpc) is 2.74. The second-order valence-corrected chi connectivity index (χ2v) is 3.30. The zero-order valence-corrected chi connectivity index (χ0v) is 7.90. The van der Waals surface area contributed by atoms with Gasteiger partial charge in [0.15, 0.2) is 0 Å². The molecule has 0 amide bonds. The van der Waals surface area contributed by atoms with Gasteiger partial charge in [0, 0.05) is 18.4 Å². The molecule has 5 N–H and O–H groups in total. The van der Waals surface area contributed by atoms with Crippen LogP contribution in [0.4, 0.5) is 0 Å². The number of aliphatic hydroxyl groups is 3. The molecule has 1 aromatic heterocycles. The molecule has 0 aromatic carbocycles. The first kappa shape index (κ1) is 11.2. The van der Waals surface area contributed by atoms with Gasteiger partial charge in [-0.15, -0.1) is 0 Å². The van der Waals surface area contributed by atoms with E-state index >= 15 is 0 Å². The van der Waals surface area contributed by atoms with Gasteiger partial charge in [0.05, 0.1) is 25.4 Å². The molecule has 0 radical (unpaired) electrons. The van der Waals surface area contributed by atoms with Crippen molar-refractivity contribution in [2.45, 2.75) is 12.1 Å². The fraction of sp³-hybridized carbons (Fsp3) is 0.556. The summed E-state index contributed by atoms with van der Waals surface area (Å²) in [5.41, 5.74) is -0.0739. The van der Waals surface area contributed by atoms with Crippen molar-refractivity contribution in [2.24, 2.45) is 0 Å². The predicted molar refractivity (Wildman–Crippen MR) is 51.6 cm³/mol. The molecule has 1 heterocycles. The third-order valence-corrected chi connectivity index (χ3v) is 2.22. The van der Waals surface area contributed by atoms with Crippen molar-refractivity contribution in [1.29, 1.82) is 0 Å². The van der Waals surface area contributed by atoms with E-state index in [0.29, 0.717) is 6.54 Å². The summed E-state index contributed by atoms with van der Waals surface area (Å²) >= 11 is 0. The summed E-state index contributed by atoms with van der Waals surface area (Å²) in [5, 5.41) is 29.9. The molecular formula is C9H16N2O3. The fourth-order valence-corrected chi connectivity index (χ4v) is 1.08. The maximum absolute atomic E-state index is 9.01. The monoisotopic (exact) mass is 200 g/mol. The summed E-state index contributed by atoms with van der Waals surface area (Å²) in [5.74, 6) is 0. The van der Waals surface area contributed by atoms with Gasteiger partial charge >= 0.3 is 0 Å². The molecule has 0 fully saturated rings. The molecule has 0 aliphatic heterocycles. The highest BCUT2D eigenvalue weighted by molar-refractivity contribution is 5.04. The number of hydrogen-bond acceptors (Lipinski definition) is 4. The lowest BCUT2D eigenvalue weighted by Crippen LogP contribution is -2.54. The van der Waals surface area contributed by atoms with Crippen molar-refractivity contribution in [1.82, 2.24) is 10.3 Å². The Morgan fingerprint density at radius 1 is 1.21 bits per heavy atom. The zero-order valence-electron chi connectivity index (χ0n) is 7.90. The summed E-state index contributed by atoms with van der Waals surface area (Å²) in [6.45, 7) is -0.448. The summed E-state index contributed by atoms with van der Waals surface area (Å²) in [7, 11) is 0. The molecule has 80 valence electrons. The highest BCUT2D eigenvalue weighted by atomic mass is 16.3. The Hall–Kier alpha value is -0.880. The third kappa shape index (κ3) is 2.55. The van der Waals surface area contributed by atoms with Crippen molar-refractivity contribution in [3.63, 3.8) is 0 Å². The Kier molecular flexibility index (Phi) is 4.09. The minimum Gasteiger partial charge on any atom is -0.394 e. The molecule has 0 bridgehead atoms. The Balaban J connectivity index is 2.48. The standard InChI is InChI=1S/C9H16N2O3/c12-5-9(6-13,7-14)11-4-8-2-1-3-10-8/h1-3,10-14H,4-7H2. The number of hydrogen-bond donors (Lipinski definition) is 5. The summed E-state index contributed by atoms with van der Waals surface area (Å²) in [4.78, 5) is 2.97. The Bertz CT molecular complexity index is 236. The molecule has 0 aliphatic rings. The van der Waals surface area contributed by atoms with Crippen LogP contribution in [0, 0.1) is 0 Å². The van der Waals surface area contributed by atoms with E-state index in [0.717, 1.165) is 5.69 Å². The van der Waals surface area contributed by atoms with Gasteiger partial charge < -0.3 is 20.3 Å². The zero-order chi connectivity index (χ0) is 10.4. The van der Waals surface area contributed by atoms with Crippen LogP contribution in [0.15, 0.2) is 18.3 Å². The summed E-state index contributed by atoms with van der Waals surface area (Å²) < 4.78 is 0. The van der Waals surface area contributed by atoms with Crippen molar-refractivity contribution in [2.75, 3.05) is 19.8 Å². The van der Waals surface area contributed by atoms with Crippen molar-refractivity contribution < 1.29 is 15.3 Å². The lowest BCUT2D eigenvalue weighted by molar-refractivity contribution is 0.0412. The van der Waals surface area contributed by atoms with Gasteiger partial charge in [0.2, 0.25) is 0 Å². The van der Waals surface area contributed by atoms with Crippen molar-refractivity contribution >= 4 is 0 Å². The van der Waals surface area contributed by atoms with Crippen LogP contribution in [0.3, 0.4) is 0 Å². The van der Waals surface area contributed by atoms with Crippen LogP contribution < -0.4 is 5.32 Å². The SMILES string of the molecule is OCC(CO)(CO)NCc1ccc[nH]1. The molecule has 0 aliphatic carbocycles. The van der Waals surface area contributed by atoms with Gasteiger partial charge in [-0.25, -0.2) is 0 Å². The van der Waals surface area contributed by atoms with Crippen LogP contribution in [-0.2, 0) is 6.54 Å². The van der Waals surface area contributed by atoms with E-state index in [1.165, 1.54) is 0 Å². The summed E-state index contributed by atoms with van der Waals surface area (Å²) in [6.07, 6.45) is 1.79. The molecule has 0 saturated heterocycles. The molecule has 0 spiro atoms. The number of aromatic amines is 1. The van der Waals surface area contributed by atoms with E-state index in [1.54, 1.807) is 6.20 Å². The normalized spacial score (nSPS) is 11.9. The molecular weight excluding hydrogens is 184 g/mol. The van der Waals surface area contributed by atoms with Gasteiger partial charge in [-0.1, -0.05) is 0 Å². The predicted octanol–water partition coefficient (Wildman–Crippen LogP) is -1.18. The largest absolute Gasteiger partial charge is 0.394 e. The van der Waals surface area contributed by atoms with E-state index < -0.39 is 5.54 Å². The number of nitrogens with one attached hydrogen (secondary N) is 2. The number of rotatable bonds is 6. The average molecular weight is 200 g/mol. The topological polar surface area (TPSA) is 88.5 Å². The molecule has 0 unspecified atom stereocenters. The Morgan fingerprint density at radius 3 is 2.29 bits per heavy atom. The van der Waals surface area contributed by atoms with Crippen molar-refractivity contribution in [3.05, 3.63) is 24.0 Å². The number of H-pyrrole nitrogens is 1. The third-order valence-electron chi connectivity index (χ3n) is 2.22. The van der Waals surface area contributed by atoms with Crippen LogP contribution in [-0.4, -0.2) is 45.7 Å². The molecule has 1 rings (SSSR count). The minimum atomic E-state index is -1.01. The van der Waals surface area contributed by atoms with Gasteiger partial charge in [-0.2, -0.15) is 0 Å². The lowest BCUT2D eigenvalue weighted by Gasteiger charge is -2.28. The Morgan fingerprint density at radius 2 is 1.86 bits per heavy atom. The van der Waals surface area contributed by atoms with Crippen molar-refractivity contribution in [3.8, 4) is 0 Å². The summed E-state index contributed by atoms with van der Waals surface area (Å²) in [6, 6.07) is 3.74. The van der Waals surface area contributed by atoms with E-state index in [1.807, 2.05) is 12.1 Å². The van der Waals surface area contributed by atoms with E-state index in [2.05, 4.69) is 10.3 Å². The van der Waals surface area contributed by atoms with E-state index in [-0.39, 0.29) is 19.8 Å². The molecule has 0 atom stereocenters. The first-order valence-corrected chi connectivity index (χ1v) is 4.46. The molecule has 5 nitrogen and oxygen atoms in total. The molecule has 14 heavy (non-hydrogen) atoms. The highest BCUT2D eigenvalue weighted by Crippen LogP contribution is 2.03. The molecule has 5 heteroatoms. The van der Waals surface area contributed by atoms with Gasteiger partial charge in [0.1, 0.15) is 0 Å². The van der Waals surface area contributed by atoms with Crippen LogP contribution in [0.5, 0.6) is 0 Å². The molecule has 0 saturated carbocycles. The smallest absolute Gasteiger partial charge is 0.0884 e. The number of aromatic nitrogens is 1. The maximum Gasteiger partial charge on any atom is 0.0884 e. The van der Waals surface area contributed by atoms with Gasteiger partial charge in [0.25, 0.3) is 0 Å². The van der Waals surface area contributed by atoms with E-state index in [4.69, 9.17) is 15.3 Å². The van der Waals surface area contributed by atoms with Crippen LogP contribution in [0.1, 0.15) is 5.69 Å². The first-order valence-electron chi connectivity index (χ1n) is 4.46. The quantitative estimate of drug-likeness (QED) is 0.400. The molecule has 1 aromatic rings. The fourth-order valence-electron chi connectivity index (χ4n) is 1.08. The van der Waals surface area contributed by atoms with Gasteiger partial charge in [-0.3, -0.25) is 5.32 Å². The van der Waals surface area contributed by atoms with Crippen LogP contribution >= 0.6 is 0 Å². The number of aliphatic hydroxyl groups excluding tert-OH is 3. The van der Waals surface area contributed by atoms with Crippen LogP contribution in [0.2, 0.25) is 0 Å². The highest BCUT2D eigenvalue weighted by Gasteiger charge is 2.26. The second-order valence-electron chi connectivity index (χ2n) is 3.30. The van der Waals surface area contributed by atoms with Gasteiger partial charge in [-0.05, 0) is 12.1 Å². The maximum atomic E-state index is 9.01. The lowest BCUT2D eigenvalue weighted by atomic mass is 10.0.